The fraction of sp³-hybridized carbons (Fsp3) is 0.615. The highest BCUT2D eigenvalue weighted by Gasteiger charge is 2.36. The van der Waals surface area contributed by atoms with E-state index in [-0.39, 0.29) is 31.3 Å². The summed E-state index contributed by atoms with van der Waals surface area (Å²) in [5.74, 6) is -0.330. The number of aromatic nitrogens is 2. The highest BCUT2D eigenvalue weighted by Crippen LogP contribution is 2.24. The Hall–Kier alpha value is -1.41. The molecule has 1 unspecified atom stereocenters. The van der Waals surface area contributed by atoms with Crippen LogP contribution in [0, 0.1) is 0 Å². The molecule has 1 saturated heterocycles. The average molecular weight is 359 g/mol. The average Bonchev–Trinajstić information content (AvgIpc) is 2.83. The van der Waals surface area contributed by atoms with Crippen molar-refractivity contribution in [3.05, 3.63) is 16.9 Å². The summed E-state index contributed by atoms with van der Waals surface area (Å²) in [5, 5.41) is 17.0. The molecule has 0 aromatic carbocycles. The number of carbonyl (C=O) groups is 2. The topological polar surface area (TPSA) is 87.5 Å². The minimum Gasteiger partial charge on any atom is -0.388 e. The van der Waals surface area contributed by atoms with Gasteiger partial charge in [-0.25, -0.2) is 0 Å². The fourth-order valence-corrected chi connectivity index (χ4v) is 2.85. The zero-order valence-electron chi connectivity index (χ0n) is 11.9. The molecule has 0 bridgehead atoms. The van der Waals surface area contributed by atoms with E-state index in [4.69, 9.17) is 0 Å². The monoisotopic (exact) mass is 358 g/mol. The second kappa shape index (κ2) is 6.57. The quantitative estimate of drug-likeness (QED) is 0.801. The Morgan fingerprint density at radius 2 is 2.33 bits per heavy atom. The van der Waals surface area contributed by atoms with Gasteiger partial charge in [0, 0.05) is 26.3 Å². The van der Waals surface area contributed by atoms with Crippen LogP contribution in [0.25, 0.3) is 0 Å². The standard InChI is InChI=1S/C13H19BrN4O3/c1-15-11(19)5-13(21)3-2-4-17(9-13)12(20)8-18-7-10(14)6-16-18/h6-7,21H,2-5,8-9H2,1H3,(H,15,19). The number of likely N-dealkylation sites (tertiary alicyclic amines) is 1. The van der Waals surface area contributed by atoms with Crippen LogP contribution in [0.5, 0.6) is 0 Å². The van der Waals surface area contributed by atoms with Crippen LogP contribution in [0.15, 0.2) is 16.9 Å². The van der Waals surface area contributed by atoms with Gasteiger partial charge in [-0.05, 0) is 28.8 Å². The van der Waals surface area contributed by atoms with Gasteiger partial charge in [0.2, 0.25) is 11.8 Å². The van der Waals surface area contributed by atoms with Gasteiger partial charge in [-0.1, -0.05) is 0 Å². The smallest absolute Gasteiger partial charge is 0.244 e. The number of nitrogens with one attached hydrogen (secondary N) is 1. The van der Waals surface area contributed by atoms with Crippen molar-refractivity contribution in [3.63, 3.8) is 0 Å². The molecular formula is C13H19BrN4O3. The normalized spacial score (nSPS) is 22.1. The van der Waals surface area contributed by atoms with E-state index in [0.29, 0.717) is 19.4 Å². The van der Waals surface area contributed by atoms with Crippen molar-refractivity contribution in [2.75, 3.05) is 20.1 Å². The summed E-state index contributed by atoms with van der Waals surface area (Å²) in [4.78, 5) is 25.3. The number of hydrogen-bond acceptors (Lipinski definition) is 4. The minimum absolute atomic E-state index is 0.0145. The molecule has 2 heterocycles. The van der Waals surface area contributed by atoms with Gasteiger partial charge in [-0.3, -0.25) is 14.3 Å². The first-order valence-electron chi connectivity index (χ1n) is 6.80. The van der Waals surface area contributed by atoms with Crippen LogP contribution in [0.3, 0.4) is 0 Å². The third kappa shape index (κ3) is 4.28. The fourth-order valence-electron chi connectivity index (χ4n) is 2.52. The van der Waals surface area contributed by atoms with Crippen molar-refractivity contribution in [2.24, 2.45) is 0 Å². The van der Waals surface area contributed by atoms with Crippen LogP contribution in [0.1, 0.15) is 19.3 Å². The van der Waals surface area contributed by atoms with Gasteiger partial charge in [0.1, 0.15) is 6.54 Å². The lowest BCUT2D eigenvalue weighted by molar-refractivity contribution is -0.143. The van der Waals surface area contributed by atoms with Gasteiger partial charge < -0.3 is 15.3 Å². The van der Waals surface area contributed by atoms with Crippen LogP contribution < -0.4 is 5.32 Å². The number of nitrogens with zero attached hydrogens (tertiary/aromatic N) is 3. The zero-order chi connectivity index (χ0) is 15.5. The third-order valence-electron chi connectivity index (χ3n) is 3.58. The summed E-state index contributed by atoms with van der Waals surface area (Å²) in [6.45, 7) is 0.903. The Morgan fingerprint density at radius 1 is 1.57 bits per heavy atom. The van der Waals surface area contributed by atoms with Gasteiger partial charge >= 0.3 is 0 Å². The summed E-state index contributed by atoms with van der Waals surface area (Å²) in [6.07, 6.45) is 4.56. The molecule has 116 valence electrons. The number of β-amino-alcohol motifs (C(OH)–C–C–N with tert-alkyl or cyclic N) is 1. The van der Waals surface area contributed by atoms with Gasteiger partial charge in [0.15, 0.2) is 0 Å². The number of aliphatic hydroxyl groups is 1. The largest absolute Gasteiger partial charge is 0.388 e. The van der Waals surface area contributed by atoms with Crippen molar-refractivity contribution < 1.29 is 14.7 Å². The van der Waals surface area contributed by atoms with Crippen molar-refractivity contribution in [3.8, 4) is 0 Å². The number of piperidine rings is 1. The molecule has 2 N–H and O–H groups in total. The predicted molar refractivity (Wildman–Crippen MR) is 79.4 cm³/mol. The number of rotatable bonds is 4. The van der Waals surface area contributed by atoms with E-state index in [1.165, 1.54) is 7.05 Å². The lowest BCUT2D eigenvalue weighted by Gasteiger charge is -2.38. The first-order valence-corrected chi connectivity index (χ1v) is 7.60. The van der Waals surface area contributed by atoms with Crippen LogP contribution in [-0.4, -0.2) is 57.3 Å². The van der Waals surface area contributed by atoms with E-state index in [0.717, 1.165) is 4.47 Å². The molecule has 8 heteroatoms. The lowest BCUT2D eigenvalue weighted by atomic mass is 9.89. The SMILES string of the molecule is CNC(=O)CC1(O)CCCN(C(=O)Cn2cc(Br)cn2)C1. The number of hydrogen-bond donors (Lipinski definition) is 2. The van der Waals surface area contributed by atoms with Crippen LogP contribution in [-0.2, 0) is 16.1 Å². The Kier molecular flexibility index (Phi) is 5.00. The molecule has 1 fully saturated rings. The highest BCUT2D eigenvalue weighted by molar-refractivity contribution is 9.10. The van der Waals surface area contributed by atoms with Crippen LogP contribution in [0.2, 0.25) is 0 Å². The molecular weight excluding hydrogens is 340 g/mol. The maximum absolute atomic E-state index is 12.3. The summed E-state index contributed by atoms with van der Waals surface area (Å²) in [7, 11) is 1.53. The molecule has 1 aromatic heterocycles. The first-order chi connectivity index (χ1) is 9.92. The molecule has 0 spiro atoms. The molecule has 1 atom stereocenters. The van der Waals surface area contributed by atoms with Crippen LogP contribution >= 0.6 is 15.9 Å². The van der Waals surface area contributed by atoms with Gasteiger partial charge in [0.05, 0.1) is 22.7 Å². The summed E-state index contributed by atoms with van der Waals surface area (Å²) in [5.41, 5.74) is -1.14. The second-order valence-corrected chi connectivity index (χ2v) is 6.26. The Balaban J connectivity index is 1.96. The summed E-state index contributed by atoms with van der Waals surface area (Å²) < 4.78 is 2.35. The maximum Gasteiger partial charge on any atom is 0.244 e. The molecule has 0 aliphatic carbocycles. The number of halogens is 1. The van der Waals surface area contributed by atoms with Crippen molar-refractivity contribution in [1.29, 1.82) is 0 Å². The zero-order valence-corrected chi connectivity index (χ0v) is 13.5. The molecule has 0 radical (unpaired) electrons. The van der Waals surface area contributed by atoms with Gasteiger partial charge in [-0.15, -0.1) is 0 Å². The Bertz CT molecular complexity index is 533. The lowest BCUT2D eigenvalue weighted by Crippen LogP contribution is -2.52. The number of amides is 2. The van der Waals surface area contributed by atoms with E-state index < -0.39 is 5.60 Å². The molecule has 7 nitrogen and oxygen atoms in total. The highest BCUT2D eigenvalue weighted by atomic mass is 79.9. The van der Waals surface area contributed by atoms with Gasteiger partial charge in [0.25, 0.3) is 0 Å². The summed E-state index contributed by atoms with van der Waals surface area (Å²) in [6, 6.07) is 0. The van der Waals surface area contributed by atoms with Crippen LogP contribution in [0.4, 0.5) is 0 Å². The van der Waals surface area contributed by atoms with E-state index in [9.17, 15) is 14.7 Å². The minimum atomic E-state index is -1.14. The molecule has 1 aromatic rings. The first kappa shape index (κ1) is 16.0. The molecule has 21 heavy (non-hydrogen) atoms. The van der Waals surface area contributed by atoms with E-state index in [2.05, 4.69) is 26.3 Å². The Morgan fingerprint density at radius 3 is 2.95 bits per heavy atom. The predicted octanol–water partition coefficient (Wildman–Crippen LogP) is 0.135. The van der Waals surface area contributed by atoms with Crippen molar-refractivity contribution >= 4 is 27.7 Å². The number of carbonyl (C=O) groups excluding carboxylic acids is 2. The molecule has 1 aliphatic rings. The molecule has 0 saturated carbocycles. The van der Waals surface area contributed by atoms with E-state index in [1.807, 2.05) is 0 Å². The van der Waals surface area contributed by atoms with Gasteiger partial charge in [-0.2, -0.15) is 5.10 Å². The van der Waals surface area contributed by atoms with Crippen molar-refractivity contribution in [1.82, 2.24) is 20.0 Å². The second-order valence-electron chi connectivity index (χ2n) is 5.35. The Labute approximate surface area is 131 Å². The van der Waals surface area contributed by atoms with Crippen molar-refractivity contribution in [2.45, 2.75) is 31.4 Å². The maximum atomic E-state index is 12.3. The molecule has 1 aliphatic heterocycles. The molecule has 2 rings (SSSR count). The van der Waals surface area contributed by atoms with E-state index >= 15 is 0 Å². The van der Waals surface area contributed by atoms with E-state index in [1.54, 1.807) is 22.0 Å². The third-order valence-corrected chi connectivity index (χ3v) is 3.98. The summed E-state index contributed by atoms with van der Waals surface area (Å²) >= 11 is 3.28. The molecule has 2 amide bonds.